The molecule has 0 amide bonds. The molecule has 0 aliphatic carbocycles. The summed E-state index contributed by atoms with van der Waals surface area (Å²) in [6.07, 6.45) is -0.363. The zero-order valence-electron chi connectivity index (χ0n) is 15.8. The zero-order valence-corrected chi connectivity index (χ0v) is 15.8. The van der Waals surface area contributed by atoms with Gasteiger partial charge in [0.1, 0.15) is 5.82 Å². The number of H-pyrrole nitrogens is 1. The number of hydrogen-bond donors (Lipinski definition) is 1. The lowest BCUT2D eigenvalue weighted by Crippen LogP contribution is -2.03. The van der Waals surface area contributed by atoms with E-state index in [2.05, 4.69) is 53.5 Å². The molecule has 0 fully saturated rings. The second kappa shape index (κ2) is 6.75. The van der Waals surface area contributed by atoms with Crippen LogP contribution in [-0.4, -0.2) is 24.2 Å². The van der Waals surface area contributed by atoms with Gasteiger partial charge in [0.05, 0.1) is 11.0 Å². The van der Waals surface area contributed by atoms with Crippen LogP contribution in [0.4, 0.5) is 0 Å². The summed E-state index contributed by atoms with van der Waals surface area (Å²) in [5, 5.41) is 4.81. The average molecular weight is 368 g/mol. The fourth-order valence-corrected chi connectivity index (χ4v) is 3.93. The molecule has 4 aromatic carbocycles. The summed E-state index contributed by atoms with van der Waals surface area (Å²) in [6, 6.07) is 25.0. The van der Waals surface area contributed by atoms with E-state index < -0.39 is 0 Å². The number of ether oxygens (including phenoxy) is 2. The Bertz CT molecular complexity index is 1210. The highest BCUT2D eigenvalue weighted by Crippen LogP contribution is 2.35. The Morgan fingerprint density at radius 1 is 0.714 bits per heavy atom. The van der Waals surface area contributed by atoms with Crippen LogP contribution in [0.25, 0.3) is 44.0 Å². The monoisotopic (exact) mass is 368 g/mol. The van der Waals surface area contributed by atoms with Gasteiger partial charge in [0.25, 0.3) is 0 Å². The third-order valence-corrected chi connectivity index (χ3v) is 5.26. The lowest BCUT2D eigenvalue weighted by atomic mass is 10.0. The predicted molar refractivity (Wildman–Crippen MR) is 113 cm³/mol. The first-order chi connectivity index (χ1) is 13.8. The minimum atomic E-state index is -0.363. The molecule has 0 radical (unpaired) electrons. The molecule has 0 spiro atoms. The first-order valence-corrected chi connectivity index (χ1v) is 9.25. The van der Waals surface area contributed by atoms with Gasteiger partial charge in [-0.3, -0.25) is 0 Å². The van der Waals surface area contributed by atoms with Crippen molar-refractivity contribution in [2.75, 3.05) is 14.2 Å². The SMILES string of the molecule is COC(OC)c1ccc(-c2nc3c4ccccc4c4ccccc4c3[nH]2)cc1. The van der Waals surface area contributed by atoms with Crippen LogP contribution in [0.2, 0.25) is 0 Å². The number of aromatic amines is 1. The molecule has 4 nitrogen and oxygen atoms in total. The molecule has 5 aromatic rings. The Morgan fingerprint density at radius 3 is 1.93 bits per heavy atom. The van der Waals surface area contributed by atoms with E-state index in [9.17, 15) is 0 Å². The maximum atomic E-state index is 5.33. The summed E-state index contributed by atoms with van der Waals surface area (Å²) in [5.41, 5.74) is 4.07. The summed E-state index contributed by atoms with van der Waals surface area (Å²) in [7, 11) is 3.27. The molecule has 0 bridgehead atoms. The van der Waals surface area contributed by atoms with E-state index in [-0.39, 0.29) is 6.29 Å². The first-order valence-electron chi connectivity index (χ1n) is 9.25. The van der Waals surface area contributed by atoms with Crippen LogP contribution in [0.1, 0.15) is 11.9 Å². The third-order valence-electron chi connectivity index (χ3n) is 5.26. The minimum Gasteiger partial charge on any atom is -0.352 e. The number of benzene rings is 4. The van der Waals surface area contributed by atoms with Crippen molar-refractivity contribution in [1.82, 2.24) is 9.97 Å². The Hall–Kier alpha value is -3.21. The van der Waals surface area contributed by atoms with Gasteiger partial charge in [-0.25, -0.2) is 4.98 Å². The fourth-order valence-electron chi connectivity index (χ4n) is 3.93. The number of nitrogens with one attached hydrogen (secondary N) is 1. The molecule has 0 aliphatic heterocycles. The van der Waals surface area contributed by atoms with E-state index >= 15 is 0 Å². The van der Waals surface area contributed by atoms with Gasteiger partial charge in [-0.15, -0.1) is 0 Å². The molecule has 138 valence electrons. The third kappa shape index (κ3) is 2.58. The Balaban J connectivity index is 1.72. The van der Waals surface area contributed by atoms with Crippen molar-refractivity contribution in [3.05, 3.63) is 78.4 Å². The van der Waals surface area contributed by atoms with Gasteiger partial charge in [0.2, 0.25) is 0 Å². The van der Waals surface area contributed by atoms with Crippen molar-refractivity contribution in [3.63, 3.8) is 0 Å². The molecular formula is C24H20N2O2. The van der Waals surface area contributed by atoms with Gasteiger partial charge >= 0.3 is 0 Å². The standard InChI is InChI=1S/C24H20N2O2/c1-27-24(28-2)16-13-11-15(12-14-16)23-25-21-19-9-5-3-7-17(19)18-8-4-6-10-20(18)22(21)26-23/h3-14,24H,1-2H3,(H,25,26). The normalized spacial score (nSPS) is 11.8. The second-order valence-corrected chi connectivity index (χ2v) is 6.83. The molecule has 0 saturated heterocycles. The van der Waals surface area contributed by atoms with E-state index in [1.54, 1.807) is 14.2 Å². The van der Waals surface area contributed by atoms with E-state index in [0.717, 1.165) is 33.4 Å². The van der Waals surface area contributed by atoms with Crippen molar-refractivity contribution in [2.45, 2.75) is 6.29 Å². The first kappa shape index (κ1) is 16.9. The largest absolute Gasteiger partial charge is 0.352 e. The molecule has 0 atom stereocenters. The number of nitrogens with zero attached hydrogens (tertiary/aromatic N) is 1. The van der Waals surface area contributed by atoms with Gasteiger partial charge in [-0.2, -0.15) is 0 Å². The van der Waals surface area contributed by atoms with Crippen molar-refractivity contribution in [3.8, 4) is 11.4 Å². The van der Waals surface area contributed by atoms with E-state index in [0.29, 0.717) is 0 Å². The predicted octanol–water partition coefficient (Wildman–Crippen LogP) is 5.83. The van der Waals surface area contributed by atoms with E-state index in [1.165, 1.54) is 16.2 Å². The van der Waals surface area contributed by atoms with Gasteiger partial charge < -0.3 is 14.5 Å². The highest BCUT2D eigenvalue weighted by molar-refractivity contribution is 6.23. The van der Waals surface area contributed by atoms with E-state index in [4.69, 9.17) is 14.5 Å². The van der Waals surface area contributed by atoms with Crippen molar-refractivity contribution in [2.24, 2.45) is 0 Å². The Labute approximate surface area is 162 Å². The average Bonchev–Trinajstić information content (AvgIpc) is 3.21. The van der Waals surface area contributed by atoms with Crippen LogP contribution in [0.5, 0.6) is 0 Å². The van der Waals surface area contributed by atoms with Crippen LogP contribution >= 0.6 is 0 Å². The highest BCUT2D eigenvalue weighted by atomic mass is 16.7. The smallest absolute Gasteiger partial charge is 0.183 e. The summed E-state index contributed by atoms with van der Waals surface area (Å²) < 4.78 is 10.7. The van der Waals surface area contributed by atoms with Gasteiger partial charge in [-0.1, -0.05) is 72.8 Å². The Morgan fingerprint density at radius 2 is 1.29 bits per heavy atom. The highest BCUT2D eigenvalue weighted by Gasteiger charge is 2.14. The quantitative estimate of drug-likeness (QED) is 0.321. The summed E-state index contributed by atoms with van der Waals surface area (Å²) in [4.78, 5) is 8.51. The fraction of sp³-hybridized carbons (Fsp3) is 0.125. The van der Waals surface area contributed by atoms with Gasteiger partial charge in [0.15, 0.2) is 6.29 Å². The molecule has 28 heavy (non-hydrogen) atoms. The number of rotatable bonds is 4. The molecule has 1 heterocycles. The summed E-state index contributed by atoms with van der Waals surface area (Å²) in [5.74, 6) is 0.856. The molecule has 1 aromatic heterocycles. The van der Waals surface area contributed by atoms with Crippen molar-refractivity contribution in [1.29, 1.82) is 0 Å². The second-order valence-electron chi connectivity index (χ2n) is 6.83. The lowest BCUT2D eigenvalue weighted by Gasteiger charge is -2.13. The van der Waals surface area contributed by atoms with Crippen molar-refractivity contribution < 1.29 is 9.47 Å². The van der Waals surface area contributed by atoms with Crippen molar-refractivity contribution >= 4 is 32.6 Å². The number of aromatic nitrogens is 2. The summed E-state index contributed by atoms with van der Waals surface area (Å²) >= 11 is 0. The van der Waals surface area contributed by atoms with Crippen LogP contribution in [0, 0.1) is 0 Å². The minimum absolute atomic E-state index is 0.363. The van der Waals surface area contributed by atoms with Crippen LogP contribution in [0.3, 0.4) is 0 Å². The van der Waals surface area contributed by atoms with Crippen LogP contribution < -0.4 is 0 Å². The molecule has 0 unspecified atom stereocenters. The molecule has 0 aliphatic rings. The van der Waals surface area contributed by atoms with E-state index in [1.807, 2.05) is 24.3 Å². The van der Waals surface area contributed by atoms with Crippen LogP contribution in [-0.2, 0) is 9.47 Å². The van der Waals surface area contributed by atoms with Gasteiger partial charge in [0, 0.05) is 36.1 Å². The molecular weight excluding hydrogens is 348 g/mol. The molecule has 5 rings (SSSR count). The van der Waals surface area contributed by atoms with Crippen LogP contribution in [0.15, 0.2) is 72.8 Å². The topological polar surface area (TPSA) is 47.1 Å². The number of fused-ring (bicyclic) bond motifs is 6. The molecule has 0 saturated carbocycles. The number of hydrogen-bond acceptors (Lipinski definition) is 3. The van der Waals surface area contributed by atoms with Gasteiger partial charge in [-0.05, 0) is 10.8 Å². The number of methoxy groups -OCH3 is 2. The molecule has 1 N–H and O–H groups in total. The maximum Gasteiger partial charge on any atom is 0.183 e. The number of imidazole rings is 1. The Kier molecular flexibility index (Phi) is 4.08. The summed E-state index contributed by atoms with van der Waals surface area (Å²) in [6.45, 7) is 0. The maximum absolute atomic E-state index is 5.33. The lowest BCUT2D eigenvalue weighted by molar-refractivity contribution is -0.106. The molecule has 4 heteroatoms. The zero-order chi connectivity index (χ0) is 19.1.